The number of hydrogen-bond donors (Lipinski definition) is 2. The zero-order valence-corrected chi connectivity index (χ0v) is 17.1. The Morgan fingerprint density at radius 2 is 1.89 bits per heavy atom. The molecule has 1 amide bonds. The zero-order chi connectivity index (χ0) is 20.9. The van der Waals surface area contributed by atoms with E-state index in [1.54, 1.807) is 19.1 Å². The molecule has 0 bridgehead atoms. The maximum absolute atomic E-state index is 12.3. The van der Waals surface area contributed by atoms with Gasteiger partial charge in [-0.1, -0.05) is 17.7 Å². The predicted octanol–water partition coefficient (Wildman–Crippen LogP) is 2.20. The number of esters is 1. The largest absolute Gasteiger partial charge is 0.452 e. The summed E-state index contributed by atoms with van der Waals surface area (Å²) in [5.41, 5.74) is 1.76. The van der Waals surface area contributed by atoms with Crippen LogP contribution in [-0.2, 0) is 24.3 Å². The molecule has 28 heavy (non-hydrogen) atoms. The number of carbonyl (C=O) groups excluding carboxylic acids is 2. The molecule has 0 spiro atoms. The van der Waals surface area contributed by atoms with Crippen molar-refractivity contribution in [3.05, 3.63) is 52.7 Å². The fourth-order valence-corrected chi connectivity index (χ4v) is 3.25. The second-order valence-corrected chi connectivity index (χ2v) is 8.26. The maximum Gasteiger partial charge on any atom is 0.321 e. The number of halogens is 1. The van der Waals surface area contributed by atoms with Gasteiger partial charge < -0.3 is 10.1 Å². The van der Waals surface area contributed by atoms with Crippen LogP contribution >= 0.6 is 11.6 Å². The Bertz CT molecular complexity index is 977. The summed E-state index contributed by atoms with van der Waals surface area (Å²) in [5.74, 6) is -1.26. The molecule has 1 unspecified atom stereocenters. The highest BCUT2D eigenvalue weighted by Gasteiger charge is 2.21. The number of ether oxygens (including phenoxy) is 1. The van der Waals surface area contributed by atoms with Crippen LogP contribution in [0.3, 0.4) is 0 Å². The zero-order valence-electron chi connectivity index (χ0n) is 15.5. The van der Waals surface area contributed by atoms with Gasteiger partial charge in [0.1, 0.15) is 12.4 Å². The molecule has 150 valence electrons. The first-order chi connectivity index (χ1) is 13.1. The van der Waals surface area contributed by atoms with Crippen molar-refractivity contribution < 1.29 is 22.7 Å². The van der Waals surface area contributed by atoms with E-state index in [2.05, 4.69) is 15.0 Å². The number of amides is 1. The van der Waals surface area contributed by atoms with E-state index < -0.39 is 34.5 Å². The van der Waals surface area contributed by atoms with Crippen molar-refractivity contribution in [3.8, 4) is 0 Å². The van der Waals surface area contributed by atoms with Crippen molar-refractivity contribution in [2.75, 3.05) is 11.9 Å². The third-order valence-corrected chi connectivity index (χ3v) is 5.47. The first-order valence-corrected chi connectivity index (χ1v) is 10.1. The number of carbonyl (C=O) groups is 2. The van der Waals surface area contributed by atoms with Gasteiger partial charge in [0, 0.05) is 6.20 Å². The summed E-state index contributed by atoms with van der Waals surface area (Å²) in [4.78, 5) is 27.9. The van der Waals surface area contributed by atoms with Gasteiger partial charge >= 0.3 is 5.97 Å². The van der Waals surface area contributed by atoms with Crippen molar-refractivity contribution in [1.29, 1.82) is 0 Å². The second-order valence-electron chi connectivity index (χ2n) is 6.05. The summed E-state index contributed by atoms with van der Waals surface area (Å²) in [6.07, 6.45) is 0.214. The van der Waals surface area contributed by atoms with Crippen LogP contribution in [0, 0.1) is 13.8 Å². The van der Waals surface area contributed by atoms with E-state index in [4.69, 9.17) is 16.3 Å². The lowest BCUT2D eigenvalue weighted by atomic mass is 10.1. The number of benzene rings is 1. The van der Waals surface area contributed by atoms with Crippen LogP contribution in [0.15, 0.2) is 41.4 Å². The maximum atomic E-state index is 12.3. The molecule has 2 rings (SSSR count). The second kappa shape index (κ2) is 9.13. The fraction of sp³-hybridized carbons (Fsp3) is 0.278. The van der Waals surface area contributed by atoms with Crippen LogP contribution < -0.4 is 10.0 Å². The average Bonchev–Trinajstić information content (AvgIpc) is 2.64. The number of hydrogen-bond acceptors (Lipinski definition) is 6. The van der Waals surface area contributed by atoms with Crippen molar-refractivity contribution in [2.24, 2.45) is 0 Å². The van der Waals surface area contributed by atoms with Crippen LogP contribution in [0.4, 0.5) is 5.82 Å². The Kier molecular flexibility index (Phi) is 7.11. The normalized spacial score (nSPS) is 12.3. The summed E-state index contributed by atoms with van der Waals surface area (Å²) in [5, 5.41) is 2.87. The van der Waals surface area contributed by atoms with Gasteiger partial charge in [0.2, 0.25) is 10.0 Å². The standard InChI is InChI=1S/C18H20ClN3O5S/c1-11-4-6-15(8-12(11)2)28(25,26)21-10-17(23)27-13(3)18(24)22-16-7-5-14(19)9-20-16/h4-9,13,21H,10H2,1-3H3,(H,20,22,24). The van der Waals surface area contributed by atoms with Crippen molar-refractivity contribution in [3.63, 3.8) is 0 Å². The minimum absolute atomic E-state index is 0.0444. The third kappa shape index (κ3) is 6.01. The third-order valence-electron chi connectivity index (χ3n) is 3.85. The van der Waals surface area contributed by atoms with Gasteiger partial charge in [-0.15, -0.1) is 0 Å². The predicted molar refractivity (Wildman–Crippen MR) is 105 cm³/mol. The van der Waals surface area contributed by atoms with Crippen molar-refractivity contribution >= 4 is 39.3 Å². The van der Waals surface area contributed by atoms with E-state index in [9.17, 15) is 18.0 Å². The van der Waals surface area contributed by atoms with Crippen LogP contribution in [0.5, 0.6) is 0 Å². The molecule has 0 saturated heterocycles. The van der Waals surface area contributed by atoms with Gasteiger partial charge in [-0.25, -0.2) is 13.4 Å². The van der Waals surface area contributed by atoms with Crippen LogP contribution in [0.25, 0.3) is 0 Å². The van der Waals surface area contributed by atoms with Crippen LogP contribution in [-0.4, -0.2) is 37.9 Å². The number of aryl methyl sites for hydroxylation is 2. The van der Waals surface area contributed by atoms with Gasteiger partial charge in [0.25, 0.3) is 5.91 Å². The Hall–Kier alpha value is -2.49. The summed E-state index contributed by atoms with van der Waals surface area (Å²) >= 11 is 5.71. The summed E-state index contributed by atoms with van der Waals surface area (Å²) in [6, 6.07) is 7.68. The Balaban J connectivity index is 1.89. The molecule has 2 aromatic rings. The molecule has 0 aliphatic rings. The number of nitrogens with zero attached hydrogens (tertiary/aromatic N) is 1. The Morgan fingerprint density at radius 3 is 2.50 bits per heavy atom. The molecule has 10 heteroatoms. The molecule has 0 saturated carbocycles. The van der Waals surface area contributed by atoms with Gasteiger partial charge in [0.05, 0.1) is 9.92 Å². The van der Waals surface area contributed by atoms with E-state index in [0.717, 1.165) is 11.1 Å². The van der Waals surface area contributed by atoms with E-state index in [1.807, 2.05) is 6.92 Å². The lowest BCUT2D eigenvalue weighted by Crippen LogP contribution is -2.36. The number of rotatable bonds is 7. The molecule has 0 radical (unpaired) electrons. The topological polar surface area (TPSA) is 114 Å². The summed E-state index contributed by atoms with van der Waals surface area (Å²) in [7, 11) is -3.88. The molecule has 0 fully saturated rings. The van der Waals surface area contributed by atoms with Crippen LogP contribution in [0.2, 0.25) is 5.02 Å². The van der Waals surface area contributed by atoms with Gasteiger partial charge in [-0.05, 0) is 56.2 Å². The Labute approximate surface area is 168 Å². The molecular weight excluding hydrogens is 406 g/mol. The lowest BCUT2D eigenvalue weighted by molar-refractivity contribution is -0.151. The smallest absolute Gasteiger partial charge is 0.321 e. The highest BCUT2D eigenvalue weighted by Crippen LogP contribution is 2.14. The number of aromatic nitrogens is 1. The molecule has 1 aromatic carbocycles. The molecule has 8 nitrogen and oxygen atoms in total. The molecular formula is C18H20ClN3O5S. The van der Waals surface area contributed by atoms with Gasteiger partial charge in [-0.2, -0.15) is 4.72 Å². The average molecular weight is 426 g/mol. The number of pyridine rings is 1. The van der Waals surface area contributed by atoms with Crippen LogP contribution in [0.1, 0.15) is 18.1 Å². The van der Waals surface area contributed by atoms with Gasteiger partial charge in [0.15, 0.2) is 6.10 Å². The highest BCUT2D eigenvalue weighted by atomic mass is 35.5. The summed E-state index contributed by atoms with van der Waals surface area (Å²) in [6.45, 7) is 4.41. The van der Waals surface area contributed by atoms with Crippen molar-refractivity contribution in [1.82, 2.24) is 9.71 Å². The first kappa shape index (κ1) is 21.8. The molecule has 0 aliphatic heterocycles. The van der Waals surface area contributed by atoms with E-state index in [0.29, 0.717) is 5.02 Å². The quantitative estimate of drug-likeness (QED) is 0.657. The minimum Gasteiger partial charge on any atom is -0.452 e. The molecule has 1 atom stereocenters. The van der Waals surface area contributed by atoms with E-state index >= 15 is 0 Å². The number of sulfonamides is 1. The minimum atomic E-state index is -3.88. The number of anilines is 1. The Morgan fingerprint density at radius 1 is 1.18 bits per heavy atom. The number of nitrogens with one attached hydrogen (secondary N) is 2. The highest BCUT2D eigenvalue weighted by molar-refractivity contribution is 7.89. The summed E-state index contributed by atoms with van der Waals surface area (Å²) < 4.78 is 31.7. The van der Waals surface area contributed by atoms with E-state index in [1.165, 1.54) is 31.3 Å². The van der Waals surface area contributed by atoms with Gasteiger partial charge in [-0.3, -0.25) is 9.59 Å². The molecule has 1 aromatic heterocycles. The first-order valence-electron chi connectivity index (χ1n) is 8.27. The molecule has 1 heterocycles. The fourth-order valence-electron chi connectivity index (χ4n) is 2.09. The molecule has 2 N–H and O–H groups in total. The monoisotopic (exact) mass is 425 g/mol. The van der Waals surface area contributed by atoms with Crippen molar-refractivity contribution in [2.45, 2.75) is 31.8 Å². The SMILES string of the molecule is Cc1ccc(S(=O)(=O)NCC(=O)OC(C)C(=O)Nc2ccc(Cl)cn2)cc1C. The lowest BCUT2D eigenvalue weighted by Gasteiger charge is -2.14. The van der Waals surface area contributed by atoms with E-state index in [-0.39, 0.29) is 10.7 Å². The molecule has 0 aliphatic carbocycles.